The van der Waals surface area contributed by atoms with E-state index in [1.807, 2.05) is 6.07 Å². The molecule has 2 rings (SSSR count). The van der Waals surface area contributed by atoms with Crippen LogP contribution in [0.3, 0.4) is 0 Å². The Hall–Kier alpha value is -1.84. The van der Waals surface area contributed by atoms with Crippen LogP contribution < -0.4 is 9.84 Å². The summed E-state index contributed by atoms with van der Waals surface area (Å²) in [6, 6.07) is 5.42. The molecule has 1 aliphatic rings. The Morgan fingerprint density at radius 1 is 1.53 bits per heavy atom. The second-order valence-electron chi connectivity index (χ2n) is 4.12. The first kappa shape index (κ1) is 11.6. The fourth-order valence-corrected chi connectivity index (χ4v) is 2.27. The van der Waals surface area contributed by atoms with Gasteiger partial charge in [0.1, 0.15) is 18.6 Å². The first-order valence-corrected chi connectivity index (χ1v) is 5.62. The van der Waals surface area contributed by atoms with Crippen molar-refractivity contribution in [2.24, 2.45) is 0 Å². The molecule has 0 N–H and O–H groups in total. The predicted molar refractivity (Wildman–Crippen MR) is 58.7 cm³/mol. The lowest BCUT2D eigenvalue weighted by atomic mass is 9.83. The zero-order chi connectivity index (χ0) is 12.3. The average Bonchev–Trinajstić information content (AvgIpc) is 2.35. The molecule has 0 saturated carbocycles. The standard InChI is InChI=1S/C13H14O4/c14-7-9-3-1-5-11-10(9)4-2-6-12(11)17-8-13(15)16/h2,4,6-7,9H,1,3,5,8H2,(H,15,16)/p-1. The fraction of sp³-hybridized carbons (Fsp3) is 0.385. The van der Waals surface area contributed by atoms with Crippen LogP contribution in [0.15, 0.2) is 18.2 Å². The third-order valence-corrected chi connectivity index (χ3v) is 3.02. The van der Waals surface area contributed by atoms with Gasteiger partial charge in [0.2, 0.25) is 0 Å². The maximum absolute atomic E-state index is 11.0. The molecule has 1 aromatic rings. The number of carboxylic acids is 1. The van der Waals surface area contributed by atoms with E-state index in [-0.39, 0.29) is 5.92 Å². The molecule has 0 fully saturated rings. The summed E-state index contributed by atoms with van der Waals surface area (Å²) in [5, 5.41) is 10.4. The summed E-state index contributed by atoms with van der Waals surface area (Å²) in [4.78, 5) is 21.3. The highest BCUT2D eigenvalue weighted by Gasteiger charge is 2.22. The van der Waals surface area contributed by atoms with E-state index >= 15 is 0 Å². The lowest BCUT2D eigenvalue weighted by Crippen LogP contribution is -2.29. The number of fused-ring (bicyclic) bond motifs is 1. The van der Waals surface area contributed by atoms with Crippen LogP contribution in [0.5, 0.6) is 5.75 Å². The SMILES string of the molecule is O=CC1CCCc2c(OCC(=O)[O-])cccc21. The summed E-state index contributed by atoms with van der Waals surface area (Å²) in [7, 11) is 0. The molecule has 1 atom stereocenters. The molecule has 1 unspecified atom stereocenters. The lowest BCUT2D eigenvalue weighted by Gasteiger charge is -2.23. The molecule has 0 saturated heterocycles. The van der Waals surface area contributed by atoms with E-state index in [9.17, 15) is 14.7 Å². The van der Waals surface area contributed by atoms with Crippen molar-refractivity contribution in [1.82, 2.24) is 0 Å². The Balaban J connectivity index is 2.28. The summed E-state index contributed by atoms with van der Waals surface area (Å²) in [6.45, 7) is -0.456. The normalized spacial score (nSPS) is 18.2. The number of ether oxygens (including phenoxy) is 1. The molecular formula is C13H13O4-. The van der Waals surface area contributed by atoms with Gasteiger partial charge in [0.25, 0.3) is 0 Å². The van der Waals surface area contributed by atoms with E-state index in [1.165, 1.54) is 0 Å². The van der Waals surface area contributed by atoms with Crippen molar-refractivity contribution < 1.29 is 19.4 Å². The maximum Gasteiger partial charge on any atom is 0.128 e. The van der Waals surface area contributed by atoms with Gasteiger partial charge in [-0.15, -0.1) is 0 Å². The van der Waals surface area contributed by atoms with Crippen LogP contribution in [0.4, 0.5) is 0 Å². The smallest absolute Gasteiger partial charge is 0.128 e. The van der Waals surface area contributed by atoms with E-state index in [0.29, 0.717) is 5.75 Å². The highest BCUT2D eigenvalue weighted by molar-refractivity contribution is 5.67. The first-order valence-electron chi connectivity index (χ1n) is 5.62. The Kier molecular flexibility index (Phi) is 3.42. The Labute approximate surface area is 99.2 Å². The van der Waals surface area contributed by atoms with Crippen molar-refractivity contribution in [2.75, 3.05) is 6.61 Å². The minimum atomic E-state index is -1.25. The van der Waals surface area contributed by atoms with Crippen LogP contribution in [0.1, 0.15) is 29.9 Å². The molecule has 1 aromatic carbocycles. The number of hydrogen-bond acceptors (Lipinski definition) is 4. The van der Waals surface area contributed by atoms with Gasteiger partial charge in [-0.1, -0.05) is 12.1 Å². The van der Waals surface area contributed by atoms with Gasteiger partial charge in [-0.25, -0.2) is 0 Å². The molecule has 17 heavy (non-hydrogen) atoms. The molecule has 0 amide bonds. The van der Waals surface area contributed by atoms with E-state index < -0.39 is 12.6 Å². The molecule has 4 nitrogen and oxygen atoms in total. The van der Waals surface area contributed by atoms with E-state index in [0.717, 1.165) is 36.7 Å². The molecule has 0 heterocycles. The van der Waals surface area contributed by atoms with Crippen molar-refractivity contribution in [1.29, 1.82) is 0 Å². The number of carbonyl (C=O) groups excluding carboxylic acids is 2. The monoisotopic (exact) mass is 233 g/mol. The third-order valence-electron chi connectivity index (χ3n) is 3.02. The van der Waals surface area contributed by atoms with E-state index in [2.05, 4.69) is 0 Å². The quantitative estimate of drug-likeness (QED) is 0.707. The zero-order valence-electron chi connectivity index (χ0n) is 9.35. The van der Waals surface area contributed by atoms with Crippen LogP contribution in [-0.4, -0.2) is 18.9 Å². The van der Waals surface area contributed by atoms with E-state index in [4.69, 9.17) is 4.74 Å². The molecule has 1 aliphatic carbocycles. The molecule has 0 aliphatic heterocycles. The van der Waals surface area contributed by atoms with Gasteiger partial charge in [0.15, 0.2) is 0 Å². The molecule has 4 heteroatoms. The number of carbonyl (C=O) groups is 2. The van der Waals surface area contributed by atoms with Crippen molar-refractivity contribution >= 4 is 12.3 Å². The summed E-state index contributed by atoms with van der Waals surface area (Å²) < 4.78 is 5.18. The number of aliphatic carboxylic acids is 1. The van der Waals surface area contributed by atoms with Crippen molar-refractivity contribution in [3.63, 3.8) is 0 Å². The first-order chi connectivity index (χ1) is 8.22. The fourth-order valence-electron chi connectivity index (χ4n) is 2.27. The van der Waals surface area contributed by atoms with Gasteiger partial charge in [0.05, 0.1) is 5.97 Å². The second kappa shape index (κ2) is 4.99. The second-order valence-corrected chi connectivity index (χ2v) is 4.12. The van der Waals surface area contributed by atoms with Crippen LogP contribution in [0.2, 0.25) is 0 Å². The minimum absolute atomic E-state index is 0.0924. The van der Waals surface area contributed by atoms with Crippen molar-refractivity contribution in [2.45, 2.75) is 25.2 Å². The van der Waals surface area contributed by atoms with Gasteiger partial charge in [-0.05, 0) is 36.5 Å². The summed E-state index contributed by atoms with van der Waals surface area (Å²) in [5.41, 5.74) is 1.92. The molecule has 0 bridgehead atoms. The Morgan fingerprint density at radius 2 is 2.35 bits per heavy atom. The number of rotatable bonds is 4. The molecule has 0 spiro atoms. The largest absolute Gasteiger partial charge is 0.546 e. The van der Waals surface area contributed by atoms with Gasteiger partial charge in [0, 0.05) is 5.92 Å². The topological polar surface area (TPSA) is 66.4 Å². The predicted octanol–water partition coefficient (Wildman–Crippen LogP) is 0.434. The van der Waals surface area contributed by atoms with Gasteiger partial charge < -0.3 is 19.4 Å². The van der Waals surface area contributed by atoms with E-state index in [1.54, 1.807) is 12.1 Å². The number of benzene rings is 1. The maximum atomic E-state index is 11.0. The average molecular weight is 233 g/mol. The Bertz CT molecular complexity index is 439. The van der Waals surface area contributed by atoms with Crippen molar-refractivity contribution in [3.8, 4) is 5.75 Å². The summed E-state index contributed by atoms with van der Waals surface area (Å²) in [5.74, 6) is -0.783. The van der Waals surface area contributed by atoms with Crippen molar-refractivity contribution in [3.05, 3.63) is 29.3 Å². The van der Waals surface area contributed by atoms with Crippen LogP contribution >= 0.6 is 0 Å². The number of carboxylic acid groups (broad SMARTS) is 1. The number of aldehydes is 1. The molecule has 0 aromatic heterocycles. The van der Waals surface area contributed by atoms with Crippen LogP contribution in [-0.2, 0) is 16.0 Å². The summed E-state index contributed by atoms with van der Waals surface area (Å²) in [6.07, 6.45) is 3.53. The van der Waals surface area contributed by atoms with Gasteiger partial charge in [-0.3, -0.25) is 0 Å². The highest BCUT2D eigenvalue weighted by atomic mass is 16.5. The van der Waals surface area contributed by atoms with Gasteiger partial charge in [-0.2, -0.15) is 0 Å². The van der Waals surface area contributed by atoms with Crippen LogP contribution in [0, 0.1) is 0 Å². The number of hydrogen-bond donors (Lipinski definition) is 0. The van der Waals surface area contributed by atoms with Crippen LogP contribution in [0.25, 0.3) is 0 Å². The molecule has 90 valence electrons. The summed E-state index contributed by atoms with van der Waals surface area (Å²) >= 11 is 0. The zero-order valence-corrected chi connectivity index (χ0v) is 9.35. The van der Waals surface area contributed by atoms with Gasteiger partial charge >= 0.3 is 0 Å². The third kappa shape index (κ3) is 2.46. The highest BCUT2D eigenvalue weighted by Crippen LogP contribution is 2.35. The minimum Gasteiger partial charge on any atom is -0.546 e. The Morgan fingerprint density at radius 3 is 3.06 bits per heavy atom. The lowest BCUT2D eigenvalue weighted by molar-refractivity contribution is -0.307. The molecular weight excluding hydrogens is 220 g/mol. The molecule has 0 radical (unpaired) electrons.